The Balaban J connectivity index is 1.43. The van der Waals surface area contributed by atoms with Crippen LogP contribution >= 0.6 is 0 Å². The Bertz CT molecular complexity index is 770. The second-order valence-corrected chi connectivity index (χ2v) is 7.16. The van der Waals surface area contributed by atoms with Gasteiger partial charge in [-0.05, 0) is 43.3 Å². The van der Waals surface area contributed by atoms with Crippen molar-refractivity contribution in [2.75, 3.05) is 51.3 Å². The molecule has 0 spiro atoms. The lowest BCUT2D eigenvalue weighted by molar-refractivity contribution is -0.903. The number of benzene rings is 2. The predicted octanol–water partition coefficient (Wildman–Crippen LogP) is 1.04. The molecule has 1 fully saturated rings. The summed E-state index contributed by atoms with van der Waals surface area (Å²) in [5.74, 6) is 1.60. The number of aliphatic hydroxyl groups is 1. The SMILES string of the molecule is COc1ccccc1N1CC[NH+](C[C@H](O)COc2ccc(C(C)=O)cc2)CC1. The van der Waals surface area contributed by atoms with Crippen LogP contribution in [0.4, 0.5) is 5.69 Å². The van der Waals surface area contributed by atoms with Crippen LogP contribution in [0.25, 0.3) is 0 Å². The van der Waals surface area contributed by atoms with E-state index in [-0.39, 0.29) is 12.4 Å². The first kappa shape index (κ1) is 20.2. The van der Waals surface area contributed by atoms with Crippen molar-refractivity contribution in [3.05, 3.63) is 54.1 Å². The third-order valence-electron chi connectivity index (χ3n) is 5.12. The average Bonchev–Trinajstić information content (AvgIpc) is 2.73. The number of carbonyl (C=O) groups is 1. The van der Waals surface area contributed by atoms with E-state index in [4.69, 9.17) is 9.47 Å². The maximum atomic E-state index is 11.3. The summed E-state index contributed by atoms with van der Waals surface area (Å²) in [5.41, 5.74) is 1.78. The van der Waals surface area contributed by atoms with Gasteiger partial charge < -0.3 is 24.4 Å². The van der Waals surface area contributed by atoms with Crippen LogP contribution in [0, 0.1) is 0 Å². The summed E-state index contributed by atoms with van der Waals surface area (Å²) in [5, 5.41) is 10.3. The second kappa shape index (κ2) is 9.57. The van der Waals surface area contributed by atoms with Gasteiger partial charge >= 0.3 is 0 Å². The van der Waals surface area contributed by atoms with Crippen molar-refractivity contribution < 1.29 is 24.3 Å². The molecule has 0 amide bonds. The Morgan fingerprint density at radius 1 is 1.14 bits per heavy atom. The molecule has 3 rings (SSSR count). The molecule has 0 radical (unpaired) electrons. The van der Waals surface area contributed by atoms with Crippen LogP contribution in [-0.2, 0) is 0 Å². The van der Waals surface area contributed by atoms with Gasteiger partial charge in [-0.25, -0.2) is 0 Å². The molecule has 150 valence electrons. The van der Waals surface area contributed by atoms with Crippen LogP contribution in [0.1, 0.15) is 17.3 Å². The third-order valence-corrected chi connectivity index (χ3v) is 5.12. The van der Waals surface area contributed by atoms with Crippen LogP contribution in [0.2, 0.25) is 0 Å². The van der Waals surface area contributed by atoms with Crippen molar-refractivity contribution in [3.8, 4) is 11.5 Å². The summed E-state index contributed by atoms with van der Waals surface area (Å²) in [4.78, 5) is 15.0. The zero-order valence-corrected chi connectivity index (χ0v) is 16.6. The number of hydrogen-bond acceptors (Lipinski definition) is 5. The van der Waals surface area contributed by atoms with E-state index in [0.29, 0.717) is 17.9 Å². The fraction of sp³-hybridized carbons (Fsp3) is 0.409. The highest BCUT2D eigenvalue weighted by molar-refractivity contribution is 5.94. The molecule has 0 bridgehead atoms. The number of methoxy groups -OCH3 is 1. The van der Waals surface area contributed by atoms with Crippen molar-refractivity contribution in [1.29, 1.82) is 0 Å². The molecule has 6 heteroatoms. The number of nitrogens with one attached hydrogen (secondary N) is 1. The molecule has 28 heavy (non-hydrogen) atoms. The minimum Gasteiger partial charge on any atom is -0.495 e. The lowest BCUT2D eigenvalue weighted by atomic mass is 10.1. The van der Waals surface area contributed by atoms with Gasteiger partial charge in [-0.2, -0.15) is 0 Å². The first-order chi connectivity index (χ1) is 13.6. The molecule has 0 aromatic heterocycles. The number of para-hydroxylation sites is 2. The molecular weight excluding hydrogens is 356 g/mol. The number of carbonyl (C=O) groups excluding carboxylic acids is 1. The Kier molecular flexibility index (Phi) is 6.90. The van der Waals surface area contributed by atoms with Gasteiger partial charge in [0.2, 0.25) is 0 Å². The number of ether oxygens (including phenoxy) is 2. The topological polar surface area (TPSA) is 63.4 Å². The van der Waals surface area contributed by atoms with Crippen molar-refractivity contribution in [1.82, 2.24) is 0 Å². The van der Waals surface area contributed by atoms with Crippen molar-refractivity contribution in [3.63, 3.8) is 0 Å². The van der Waals surface area contributed by atoms with E-state index in [1.165, 1.54) is 11.8 Å². The molecule has 2 aromatic rings. The number of ketones is 1. The van der Waals surface area contributed by atoms with E-state index >= 15 is 0 Å². The van der Waals surface area contributed by atoms with Gasteiger partial charge in [0, 0.05) is 5.56 Å². The maximum Gasteiger partial charge on any atom is 0.159 e. The smallest absolute Gasteiger partial charge is 0.159 e. The Hall–Kier alpha value is -2.57. The molecule has 2 aromatic carbocycles. The van der Waals surface area contributed by atoms with Crippen LogP contribution in [0.5, 0.6) is 11.5 Å². The fourth-order valence-electron chi connectivity index (χ4n) is 3.53. The number of rotatable bonds is 8. The first-order valence-corrected chi connectivity index (χ1v) is 9.70. The van der Waals surface area contributed by atoms with E-state index in [2.05, 4.69) is 11.0 Å². The number of quaternary nitrogens is 1. The molecular formula is C22H29N2O4+. The molecule has 0 aliphatic carbocycles. The van der Waals surface area contributed by atoms with Gasteiger partial charge in [0.15, 0.2) is 5.78 Å². The lowest BCUT2D eigenvalue weighted by Gasteiger charge is -2.35. The number of piperazine rings is 1. The molecule has 1 saturated heterocycles. The summed E-state index contributed by atoms with van der Waals surface area (Å²) in [6.45, 7) is 6.22. The number of hydrogen-bond donors (Lipinski definition) is 2. The van der Waals surface area contributed by atoms with Crippen LogP contribution in [0.15, 0.2) is 48.5 Å². The average molecular weight is 385 g/mol. The molecule has 1 aliphatic heterocycles. The molecule has 1 atom stereocenters. The second-order valence-electron chi connectivity index (χ2n) is 7.16. The predicted molar refractivity (Wildman–Crippen MR) is 109 cm³/mol. The van der Waals surface area contributed by atoms with E-state index in [1.54, 1.807) is 31.4 Å². The molecule has 2 N–H and O–H groups in total. The number of aliphatic hydroxyl groups excluding tert-OH is 1. The van der Waals surface area contributed by atoms with Crippen LogP contribution in [0.3, 0.4) is 0 Å². The molecule has 1 heterocycles. The summed E-state index contributed by atoms with van der Waals surface area (Å²) >= 11 is 0. The van der Waals surface area contributed by atoms with E-state index < -0.39 is 6.10 Å². The van der Waals surface area contributed by atoms with Crippen LogP contribution < -0.4 is 19.3 Å². The standard InChI is InChI=1S/C22H28N2O4/c1-17(25)18-7-9-20(10-8-18)28-16-19(26)15-23-11-13-24(14-12-23)21-5-3-4-6-22(21)27-2/h3-10,19,26H,11-16H2,1-2H3/p+1/t19-/m0/s1. The molecule has 6 nitrogen and oxygen atoms in total. The normalized spacial score (nSPS) is 15.9. The van der Waals surface area contributed by atoms with Gasteiger partial charge in [0.25, 0.3) is 0 Å². The largest absolute Gasteiger partial charge is 0.495 e. The molecule has 0 unspecified atom stereocenters. The zero-order chi connectivity index (χ0) is 19.9. The third kappa shape index (κ3) is 5.24. The Morgan fingerprint density at radius 2 is 1.82 bits per heavy atom. The minimum absolute atomic E-state index is 0.0300. The monoisotopic (exact) mass is 385 g/mol. The Labute approximate surface area is 166 Å². The molecule has 0 saturated carbocycles. The number of Topliss-reactive ketones (excluding diaryl/α,β-unsaturated/α-hetero) is 1. The number of nitrogens with zero attached hydrogens (tertiary/aromatic N) is 1. The highest BCUT2D eigenvalue weighted by Crippen LogP contribution is 2.27. The summed E-state index contributed by atoms with van der Waals surface area (Å²) < 4.78 is 11.1. The van der Waals surface area contributed by atoms with Gasteiger partial charge in [-0.15, -0.1) is 0 Å². The Morgan fingerprint density at radius 3 is 2.46 bits per heavy atom. The summed E-state index contributed by atoms with van der Waals surface area (Å²) in [7, 11) is 1.70. The van der Waals surface area contributed by atoms with Crippen LogP contribution in [-0.4, -0.2) is 63.4 Å². The van der Waals surface area contributed by atoms with E-state index in [1.807, 2.05) is 18.2 Å². The van der Waals surface area contributed by atoms with Gasteiger partial charge in [-0.3, -0.25) is 4.79 Å². The number of anilines is 1. The summed E-state index contributed by atoms with van der Waals surface area (Å²) in [6, 6.07) is 15.1. The van der Waals surface area contributed by atoms with E-state index in [0.717, 1.165) is 37.6 Å². The quantitative estimate of drug-likeness (QED) is 0.665. The molecule has 1 aliphatic rings. The summed E-state index contributed by atoms with van der Waals surface area (Å²) in [6.07, 6.45) is -0.528. The van der Waals surface area contributed by atoms with Crippen molar-refractivity contribution in [2.45, 2.75) is 13.0 Å². The zero-order valence-electron chi connectivity index (χ0n) is 16.6. The van der Waals surface area contributed by atoms with Gasteiger partial charge in [-0.1, -0.05) is 12.1 Å². The maximum absolute atomic E-state index is 11.3. The fourth-order valence-corrected chi connectivity index (χ4v) is 3.53. The van der Waals surface area contributed by atoms with E-state index in [9.17, 15) is 9.90 Å². The van der Waals surface area contributed by atoms with Gasteiger partial charge in [0.1, 0.15) is 30.8 Å². The first-order valence-electron chi connectivity index (χ1n) is 9.70. The minimum atomic E-state index is -0.528. The highest BCUT2D eigenvalue weighted by atomic mass is 16.5. The highest BCUT2D eigenvalue weighted by Gasteiger charge is 2.24. The van der Waals surface area contributed by atoms with Crippen molar-refractivity contribution >= 4 is 11.5 Å². The lowest BCUT2D eigenvalue weighted by Crippen LogP contribution is -3.16. The van der Waals surface area contributed by atoms with Gasteiger partial charge in [0.05, 0.1) is 39.0 Å². The van der Waals surface area contributed by atoms with Crippen molar-refractivity contribution in [2.24, 2.45) is 0 Å².